The highest BCUT2D eigenvalue weighted by molar-refractivity contribution is 14.1. The molecule has 0 radical (unpaired) electrons. The lowest BCUT2D eigenvalue weighted by atomic mass is 10.1. The highest BCUT2D eigenvalue weighted by Gasteiger charge is 2.25. The Balaban J connectivity index is 3.51. The van der Waals surface area contributed by atoms with Gasteiger partial charge >= 0.3 is 5.97 Å². The van der Waals surface area contributed by atoms with Crippen LogP contribution < -0.4 is 10.6 Å². The molecule has 0 saturated heterocycles. The second-order valence-corrected chi connectivity index (χ2v) is 8.52. The molecule has 0 aromatic heterocycles. The fourth-order valence-corrected chi connectivity index (χ4v) is 5.71. The second-order valence-electron chi connectivity index (χ2n) is 5.28. The van der Waals surface area contributed by atoms with E-state index in [-0.39, 0.29) is 6.61 Å². The molecule has 1 aromatic carbocycles. The van der Waals surface area contributed by atoms with E-state index in [2.05, 4.69) is 10.6 Å². The van der Waals surface area contributed by atoms with E-state index < -0.39 is 30.0 Å². The summed E-state index contributed by atoms with van der Waals surface area (Å²) in [6, 6.07) is 0. The van der Waals surface area contributed by atoms with Gasteiger partial charge in [-0.05, 0) is 81.6 Å². The first kappa shape index (κ1) is 23.8. The van der Waals surface area contributed by atoms with Crippen molar-refractivity contribution in [1.82, 2.24) is 0 Å². The Bertz CT molecular complexity index is 688. The molecule has 26 heavy (non-hydrogen) atoms. The highest BCUT2D eigenvalue weighted by Crippen LogP contribution is 2.39. The normalized spacial score (nSPS) is 12.9. The topological polar surface area (TPSA) is 125 Å². The maximum atomic E-state index is 11.9. The summed E-state index contributed by atoms with van der Waals surface area (Å²) >= 11 is 5.95. The lowest BCUT2D eigenvalue weighted by Crippen LogP contribution is -2.28. The molecule has 0 heterocycles. The van der Waals surface area contributed by atoms with E-state index in [1.165, 1.54) is 20.8 Å². The smallest absolute Gasteiger partial charge is 0.302 e. The summed E-state index contributed by atoms with van der Waals surface area (Å²) in [5, 5.41) is 24.2. The van der Waals surface area contributed by atoms with Crippen molar-refractivity contribution >= 4 is 96.9 Å². The first-order chi connectivity index (χ1) is 12.0. The van der Waals surface area contributed by atoms with E-state index in [1.54, 1.807) is 0 Å². The number of esters is 1. The van der Waals surface area contributed by atoms with Crippen LogP contribution in [0.5, 0.6) is 0 Å². The molecule has 2 atom stereocenters. The Morgan fingerprint density at radius 2 is 1.31 bits per heavy atom. The summed E-state index contributed by atoms with van der Waals surface area (Å²) in [6.45, 7) is 3.88. The molecule has 0 aliphatic heterocycles. The zero-order valence-corrected chi connectivity index (χ0v) is 20.5. The predicted octanol–water partition coefficient (Wildman–Crippen LogP) is 2.20. The number of halogens is 3. The van der Waals surface area contributed by atoms with Crippen LogP contribution in [0, 0.1) is 10.7 Å². The Morgan fingerprint density at radius 3 is 1.62 bits per heavy atom. The van der Waals surface area contributed by atoms with Gasteiger partial charge in [-0.25, -0.2) is 0 Å². The van der Waals surface area contributed by atoms with Crippen LogP contribution in [-0.4, -0.2) is 40.2 Å². The fourth-order valence-electron chi connectivity index (χ4n) is 1.69. The van der Waals surface area contributed by atoms with Crippen LogP contribution in [0.15, 0.2) is 0 Å². The summed E-state index contributed by atoms with van der Waals surface area (Å²) < 4.78 is 6.81. The van der Waals surface area contributed by atoms with Crippen LogP contribution in [0.2, 0.25) is 0 Å². The van der Waals surface area contributed by atoms with Gasteiger partial charge in [-0.15, -0.1) is 0 Å². The van der Waals surface area contributed by atoms with Gasteiger partial charge in [0.25, 0.3) is 11.8 Å². The molecule has 2 amide bonds. The zero-order chi connectivity index (χ0) is 20.2. The molecule has 0 aliphatic carbocycles. The minimum Gasteiger partial charge on any atom is -0.461 e. The standard InChI is InChI=1S/C15H17I3N2O6/c1-5(21)14(24)19-12-9(16)8(4-26-7(3)23)10(17)13(11(12)18)20-15(25)6(2)22/h5-6,21-22H,4H2,1-3H3,(H,19,24)(H,20,25). The number of aliphatic hydroxyl groups excluding tert-OH is 2. The lowest BCUT2D eigenvalue weighted by Gasteiger charge is -2.21. The highest BCUT2D eigenvalue weighted by atomic mass is 127. The first-order valence-corrected chi connectivity index (χ1v) is 10.5. The van der Waals surface area contributed by atoms with Crippen LogP contribution in [0.4, 0.5) is 11.4 Å². The van der Waals surface area contributed by atoms with Gasteiger partial charge in [0.05, 0.1) is 14.9 Å². The van der Waals surface area contributed by atoms with Gasteiger partial charge in [0.2, 0.25) is 0 Å². The SMILES string of the molecule is CC(=O)OCc1c(I)c(NC(=O)C(C)O)c(I)c(NC(=O)C(C)O)c1I. The van der Waals surface area contributed by atoms with Crippen molar-refractivity contribution < 1.29 is 29.3 Å². The van der Waals surface area contributed by atoms with Gasteiger partial charge in [-0.3, -0.25) is 14.4 Å². The molecular formula is C15H17I3N2O6. The predicted molar refractivity (Wildman–Crippen MR) is 121 cm³/mol. The van der Waals surface area contributed by atoms with Gasteiger partial charge in [0.15, 0.2) is 0 Å². The number of carbonyl (C=O) groups excluding carboxylic acids is 3. The van der Waals surface area contributed by atoms with E-state index in [9.17, 15) is 24.6 Å². The van der Waals surface area contributed by atoms with Crippen molar-refractivity contribution in [3.8, 4) is 0 Å². The maximum absolute atomic E-state index is 11.9. The number of hydrogen-bond acceptors (Lipinski definition) is 6. The minimum absolute atomic E-state index is 0.0576. The largest absolute Gasteiger partial charge is 0.461 e. The number of aliphatic hydroxyl groups is 2. The third-order valence-corrected chi connectivity index (χ3v) is 6.54. The number of anilines is 2. The molecule has 0 saturated carbocycles. The van der Waals surface area contributed by atoms with Crippen molar-refractivity contribution in [2.75, 3.05) is 10.6 Å². The molecule has 0 aliphatic rings. The van der Waals surface area contributed by atoms with Gasteiger partial charge < -0.3 is 25.6 Å². The van der Waals surface area contributed by atoms with Crippen molar-refractivity contribution in [3.63, 3.8) is 0 Å². The van der Waals surface area contributed by atoms with Crippen molar-refractivity contribution in [3.05, 3.63) is 16.3 Å². The van der Waals surface area contributed by atoms with E-state index in [1.807, 2.05) is 67.8 Å². The van der Waals surface area contributed by atoms with Gasteiger partial charge in [-0.1, -0.05) is 0 Å². The molecule has 8 nitrogen and oxygen atoms in total. The number of nitrogens with one attached hydrogen (secondary N) is 2. The van der Waals surface area contributed by atoms with Crippen LogP contribution >= 0.6 is 67.8 Å². The Hall–Kier alpha value is -0.260. The van der Waals surface area contributed by atoms with Gasteiger partial charge in [0.1, 0.15) is 18.8 Å². The Labute approximate surface area is 191 Å². The molecule has 1 rings (SSSR count). The average Bonchev–Trinajstić information content (AvgIpc) is 2.54. The van der Waals surface area contributed by atoms with Crippen LogP contribution in [-0.2, 0) is 25.7 Å². The number of rotatable bonds is 6. The third kappa shape index (κ3) is 6.13. The summed E-state index contributed by atoms with van der Waals surface area (Å²) in [5.41, 5.74) is 1.34. The molecule has 1 aromatic rings. The lowest BCUT2D eigenvalue weighted by molar-refractivity contribution is -0.142. The number of ether oxygens (including phenoxy) is 1. The zero-order valence-electron chi connectivity index (χ0n) is 14.0. The number of amides is 2. The molecule has 2 unspecified atom stereocenters. The maximum Gasteiger partial charge on any atom is 0.302 e. The Morgan fingerprint density at radius 1 is 0.923 bits per heavy atom. The second kappa shape index (κ2) is 10.3. The van der Waals surface area contributed by atoms with Crippen molar-refractivity contribution in [2.45, 2.75) is 39.6 Å². The fraction of sp³-hybridized carbons (Fsp3) is 0.400. The van der Waals surface area contributed by atoms with Crippen LogP contribution in [0.25, 0.3) is 0 Å². The number of hydrogen-bond donors (Lipinski definition) is 4. The van der Waals surface area contributed by atoms with Gasteiger partial charge in [0, 0.05) is 19.6 Å². The summed E-state index contributed by atoms with van der Waals surface area (Å²) in [7, 11) is 0. The van der Waals surface area contributed by atoms with E-state index in [0.717, 1.165) is 0 Å². The molecule has 0 bridgehead atoms. The molecule has 11 heteroatoms. The van der Waals surface area contributed by atoms with E-state index in [4.69, 9.17) is 4.74 Å². The first-order valence-electron chi connectivity index (χ1n) is 7.27. The molecule has 0 spiro atoms. The molecule has 4 N–H and O–H groups in total. The van der Waals surface area contributed by atoms with E-state index in [0.29, 0.717) is 27.6 Å². The monoisotopic (exact) mass is 702 g/mol. The van der Waals surface area contributed by atoms with Crippen LogP contribution in [0.1, 0.15) is 26.3 Å². The quantitative estimate of drug-likeness (QED) is 0.267. The number of carbonyl (C=O) groups is 3. The summed E-state index contributed by atoms with van der Waals surface area (Å²) in [6.07, 6.45) is -2.46. The van der Waals surface area contributed by atoms with E-state index >= 15 is 0 Å². The summed E-state index contributed by atoms with van der Waals surface area (Å²) in [4.78, 5) is 35.1. The minimum atomic E-state index is -1.23. The molecule has 0 fully saturated rings. The molecule has 144 valence electrons. The Kier molecular flexibility index (Phi) is 9.45. The van der Waals surface area contributed by atoms with Gasteiger partial charge in [-0.2, -0.15) is 0 Å². The van der Waals surface area contributed by atoms with Crippen molar-refractivity contribution in [2.24, 2.45) is 0 Å². The summed E-state index contributed by atoms with van der Waals surface area (Å²) in [5.74, 6) is -1.71. The average molecular weight is 702 g/mol. The van der Waals surface area contributed by atoms with Crippen LogP contribution in [0.3, 0.4) is 0 Å². The third-order valence-electron chi connectivity index (χ3n) is 3.08. The van der Waals surface area contributed by atoms with Crippen molar-refractivity contribution in [1.29, 1.82) is 0 Å². The number of benzene rings is 1. The molecular weight excluding hydrogens is 685 g/mol.